The number of aryl methyl sites for hydroxylation is 1. The second-order valence-corrected chi connectivity index (χ2v) is 10.4. The molecule has 7 nitrogen and oxygen atoms in total. The summed E-state index contributed by atoms with van der Waals surface area (Å²) in [4.78, 5) is 23.9. The molecule has 2 fully saturated rings. The number of nitrogens with one attached hydrogen (secondary N) is 1. The molecule has 0 aliphatic carbocycles. The molecule has 1 atom stereocenters. The molecular weight excluding hydrogens is 472 g/mol. The van der Waals surface area contributed by atoms with E-state index < -0.39 is 0 Å². The van der Waals surface area contributed by atoms with Crippen molar-refractivity contribution in [3.63, 3.8) is 0 Å². The van der Waals surface area contributed by atoms with Crippen molar-refractivity contribution in [2.75, 3.05) is 50.8 Å². The van der Waals surface area contributed by atoms with Gasteiger partial charge in [-0.3, -0.25) is 9.69 Å². The van der Waals surface area contributed by atoms with Crippen LogP contribution in [-0.2, 0) is 9.53 Å². The summed E-state index contributed by atoms with van der Waals surface area (Å²) < 4.78 is 5.41. The Labute approximate surface area is 216 Å². The van der Waals surface area contributed by atoms with E-state index >= 15 is 0 Å². The number of pyridine rings is 1. The molecule has 0 radical (unpaired) electrons. The average molecular weight is 507 g/mol. The van der Waals surface area contributed by atoms with Crippen LogP contribution in [0.5, 0.6) is 5.75 Å². The first-order valence-corrected chi connectivity index (χ1v) is 13.7. The minimum absolute atomic E-state index is 0.0677. The van der Waals surface area contributed by atoms with Crippen LogP contribution in [0.15, 0.2) is 47.8 Å². The number of benzene rings is 1. The monoisotopic (exact) mass is 506 g/mol. The number of rotatable bonds is 8. The molecule has 2 aliphatic rings. The molecule has 0 unspecified atom stereocenters. The average Bonchev–Trinajstić information content (AvgIpc) is 3.56. The Kier molecular flexibility index (Phi) is 7.84. The zero-order valence-electron chi connectivity index (χ0n) is 20.8. The Morgan fingerprint density at radius 2 is 2.03 bits per heavy atom. The fraction of sp³-hybridized carbons (Fsp3) is 0.429. The van der Waals surface area contributed by atoms with Crippen LogP contribution in [0.25, 0.3) is 21.7 Å². The Morgan fingerprint density at radius 1 is 1.19 bits per heavy atom. The summed E-state index contributed by atoms with van der Waals surface area (Å²) in [7, 11) is 0. The van der Waals surface area contributed by atoms with Crippen LogP contribution in [0.2, 0.25) is 0 Å². The summed E-state index contributed by atoms with van der Waals surface area (Å²) in [5.74, 6) is 1.05. The largest absolute Gasteiger partial charge is 0.507 e. The summed E-state index contributed by atoms with van der Waals surface area (Å²) >= 11 is 1.69. The molecule has 36 heavy (non-hydrogen) atoms. The van der Waals surface area contributed by atoms with Gasteiger partial charge in [-0.25, -0.2) is 4.98 Å². The van der Waals surface area contributed by atoms with Crippen LogP contribution in [0.1, 0.15) is 24.8 Å². The summed E-state index contributed by atoms with van der Waals surface area (Å²) in [5, 5.41) is 15.8. The highest BCUT2D eigenvalue weighted by Crippen LogP contribution is 2.37. The highest BCUT2D eigenvalue weighted by Gasteiger charge is 2.32. The molecule has 1 aromatic carbocycles. The maximum atomic E-state index is 13.2. The van der Waals surface area contributed by atoms with E-state index in [2.05, 4.69) is 39.6 Å². The van der Waals surface area contributed by atoms with E-state index in [9.17, 15) is 9.90 Å². The Bertz CT molecular complexity index is 1190. The molecule has 2 saturated heterocycles. The molecule has 3 aromatic rings. The van der Waals surface area contributed by atoms with Crippen molar-refractivity contribution in [1.82, 2.24) is 15.2 Å². The van der Waals surface area contributed by atoms with Gasteiger partial charge in [-0.1, -0.05) is 12.1 Å². The standard InChI is InChI=1S/C28H34N4O3S/c1-20-9-17-36-27(20)21-18-23(22-6-2-3-8-25(22)33)30-26(19-21)32-12-4-7-24(32)28(34)29-10-5-11-31-13-15-35-16-14-31/h2-3,6,8-9,17-19,24,33H,4-5,7,10-16H2,1H3,(H,29,34)/t24-/m0/s1. The van der Waals surface area contributed by atoms with Gasteiger partial charge < -0.3 is 20.1 Å². The van der Waals surface area contributed by atoms with E-state index in [1.165, 1.54) is 10.4 Å². The van der Waals surface area contributed by atoms with Crippen molar-refractivity contribution in [1.29, 1.82) is 0 Å². The number of hydrogen-bond donors (Lipinski definition) is 2. The molecule has 190 valence electrons. The number of morpholine rings is 1. The third-order valence-corrected chi connectivity index (χ3v) is 8.09. The SMILES string of the molecule is Cc1ccsc1-c1cc(-c2ccccc2O)nc(N2CCC[C@H]2C(=O)NCCCN2CCOCC2)c1. The molecule has 8 heteroatoms. The van der Waals surface area contributed by atoms with E-state index in [0.717, 1.165) is 70.0 Å². The molecule has 2 aromatic heterocycles. The zero-order chi connectivity index (χ0) is 24.9. The van der Waals surface area contributed by atoms with Crippen molar-refractivity contribution in [3.8, 4) is 27.4 Å². The van der Waals surface area contributed by atoms with Crippen LogP contribution in [0.3, 0.4) is 0 Å². The number of amides is 1. The molecular formula is C28H34N4O3S. The van der Waals surface area contributed by atoms with Crippen LogP contribution in [0, 0.1) is 6.92 Å². The van der Waals surface area contributed by atoms with Crippen molar-refractivity contribution in [3.05, 3.63) is 53.4 Å². The van der Waals surface area contributed by atoms with E-state index in [-0.39, 0.29) is 17.7 Å². The van der Waals surface area contributed by atoms with Crippen molar-refractivity contribution < 1.29 is 14.6 Å². The third kappa shape index (κ3) is 5.56. The minimum atomic E-state index is -0.238. The number of phenols is 1. The minimum Gasteiger partial charge on any atom is -0.507 e. The fourth-order valence-electron chi connectivity index (χ4n) is 5.06. The van der Waals surface area contributed by atoms with E-state index in [1.54, 1.807) is 17.4 Å². The number of thiophene rings is 1. The van der Waals surface area contributed by atoms with Gasteiger partial charge in [0.25, 0.3) is 0 Å². The zero-order valence-corrected chi connectivity index (χ0v) is 21.6. The Balaban J connectivity index is 1.35. The van der Waals surface area contributed by atoms with Crippen molar-refractivity contribution >= 4 is 23.1 Å². The second kappa shape index (κ2) is 11.4. The van der Waals surface area contributed by atoms with Crippen LogP contribution >= 0.6 is 11.3 Å². The smallest absolute Gasteiger partial charge is 0.242 e. The van der Waals surface area contributed by atoms with Crippen molar-refractivity contribution in [2.24, 2.45) is 0 Å². The van der Waals surface area contributed by atoms with Crippen LogP contribution in [0.4, 0.5) is 5.82 Å². The van der Waals surface area contributed by atoms with E-state index in [1.807, 2.05) is 24.3 Å². The Hall–Kier alpha value is -2.94. The number of phenolic OH excluding ortho intramolecular Hbond substituents is 1. The lowest BCUT2D eigenvalue weighted by molar-refractivity contribution is -0.122. The van der Waals surface area contributed by atoms with Gasteiger partial charge in [0.05, 0.1) is 18.9 Å². The highest BCUT2D eigenvalue weighted by atomic mass is 32.1. The first kappa shape index (κ1) is 24.7. The van der Waals surface area contributed by atoms with Gasteiger partial charge in [0.1, 0.15) is 17.6 Å². The number of hydrogen-bond acceptors (Lipinski definition) is 7. The van der Waals surface area contributed by atoms with Gasteiger partial charge in [0.15, 0.2) is 0 Å². The first-order chi connectivity index (χ1) is 17.6. The number of aromatic nitrogens is 1. The fourth-order valence-corrected chi connectivity index (χ4v) is 5.98. The van der Waals surface area contributed by atoms with Gasteiger partial charge in [-0.05, 0) is 79.6 Å². The lowest BCUT2D eigenvalue weighted by Crippen LogP contribution is -2.44. The highest BCUT2D eigenvalue weighted by molar-refractivity contribution is 7.13. The van der Waals surface area contributed by atoms with Gasteiger partial charge in [0.2, 0.25) is 5.91 Å². The normalized spacial score (nSPS) is 18.5. The summed E-state index contributed by atoms with van der Waals surface area (Å²) in [6.07, 6.45) is 2.69. The molecule has 2 N–H and O–H groups in total. The lowest BCUT2D eigenvalue weighted by Gasteiger charge is -2.27. The van der Waals surface area contributed by atoms with Gasteiger partial charge >= 0.3 is 0 Å². The number of anilines is 1. The number of carbonyl (C=O) groups is 1. The number of para-hydroxylation sites is 1. The van der Waals surface area contributed by atoms with Gasteiger partial charge in [0, 0.05) is 36.6 Å². The summed E-state index contributed by atoms with van der Waals surface area (Å²) in [6.45, 7) is 8.06. The maximum absolute atomic E-state index is 13.2. The summed E-state index contributed by atoms with van der Waals surface area (Å²) in [6, 6.07) is 13.3. The van der Waals surface area contributed by atoms with Crippen molar-refractivity contribution in [2.45, 2.75) is 32.2 Å². The molecule has 0 spiro atoms. The van der Waals surface area contributed by atoms with Gasteiger partial charge in [-0.2, -0.15) is 0 Å². The molecule has 5 rings (SSSR count). The van der Waals surface area contributed by atoms with Crippen LogP contribution < -0.4 is 10.2 Å². The number of aromatic hydroxyl groups is 1. The van der Waals surface area contributed by atoms with Gasteiger partial charge in [-0.15, -0.1) is 11.3 Å². The number of carbonyl (C=O) groups excluding carboxylic acids is 1. The maximum Gasteiger partial charge on any atom is 0.242 e. The first-order valence-electron chi connectivity index (χ1n) is 12.8. The molecule has 2 aliphatic heterocycles. The predicted octanol–water partition coefficient (Wildman–Crippen LogP) is 4.30. The molecule has 1 amide bonds. The molecule has 0 bridgehead atoms. The lowest BCUT2D eigenvalue weighted by atomic mass is 10.1. The van der Waals surface area contributed by atoms with Crippen LogP contribution in [-0.4, -0.2) is 72.9 Å². The summed E-state index contributed by atoms with van der Waals surface area (Å²) in [5.41, 5.74) is 3.67. The molecule has 0 saturated carbocycles. The second-order valence-electron chi connectivity index (χ2n) is 9.50. The number of nitrogens with zero attached hydrogens (tertiary/aromatic N) is 3. The van der Waals surface area contributed by atoms with E-state index in [4.69, 9.17) is 9.72 Å². The third-order valence-electron chi connectivity index (χ3n) is 7.02. The quantitative estimate of drug-likeness (QED) is 0.444. The Morgan fingerprint density at radius 3 is 2.81 bits per heavy atom. The number of ether oxygens (including phenoxy) is 1. The topological polar surface area (TPSA) is 77.9 Å². The van der Waals surface area contributed by atoms with E-state index in [0.29, 0.717) is 17.8 Å². The molecule has 4 heterocycles. The predicted molar refractivity (Wildman–Crippen MR) is 145 cm³/mol.